The summed E-state index contributed by atoms with van der Waals surface area (Å²) in [5.41, 5.74) is 1.12. The molecule has 2 fully saturated rings. The summed E-state index contributed by atoms with van der Waals surface area (Å²) >= 11 is 9.51. The van der Waals surface area contributed by atoms with Crippen LogP contribution in [0.3, 0.4) is 0 Å². The van der Waals surface area contributed by atoms with Gasteiger partial charge in [0.1, 0.15) is 5.82 Å². The molecule has 2 aliphatic rings. The summed E-state index contributed by atoms with van der Waals surface area (Å²) in [5, 5.41) is 0. The van der Waals surface area contributed by atoms with Gasteiger partial charge in [-0.1, -0.05) is 0 Å². The fraction of sp³-hybridized carbons (Fsp3) is 0.643. The topological polar surface area (TPSA) is 19.4 Å². The molecule has 0 saturated carbocycles. The first-order valence-corrected chi connectivity index (χ1v) is 8.30. The third-order valence-corrected chi connectivity index (χ3v) is 4.90. The van der Waals surface area contributed by atoms with Gasteiger partial charge in [0, 0.05) is 35.4 Å². The summed E-state index contributed by atoms with van der Waals surface area (Å²) < 4.78 is 1.00. The van der Waals surface area contributed by atoms with E-state index in [4.69, 9.17) is 11.6 Å². The average molecular weight is 345 g/mol. The molecule has 0 aromatic carbocycles. The lowest BCUT2D eigenvalue weighted by Gasteiger charge is -2.24. The Hall–Kier alpha value is -0.320. The summed E-state index contributed by atoms with van der Waals surface area (Å²) in [4.78, 5) is 9.60. The van der Waals surface area contributed by atoms with Crippen LogP contribution in [0.5, 0.6) is 0 Å². The quantitative estimate of drug-likeness (QED) is 0.785. The largest absolute Gasteiger partial charge is 0.355 e. The van der Waals surface area contributed by atoms with Crippen molar-refractivity contribution in [2.45, 2.75) is 31.2 Å². The van der Waals surface area contributed by atoms with Crippen LogP contribution in [-0.2, 0) is 5.88 Å². The molecule has 5 heteroatoms. The molecule has 19 heavy (non-hydrogen) atoms. The predicted molar refractivity (Wildman–Crippen MR) is 82.9 cm³/mol. The minimum absolute atomic E-state index is 0.520. The van der Waals surface area contributed by atoms with E-state index in [1.807, 2.05) is 6.20 Å². The number of likely N-dealkylation sites (tertiary alicyclic amines) is 1. The van der Waals surface area contributed by atoms with Gasteiger partial charge in [-0.3, -0.25) is 4.90 Å². The van der Waals surface area contributed by atoms with Gasteiger partial charge in [-0.25, -0.2) is 4.98 Å². The summed E-state index contributed by atoms with van der Waals surface area (Å²) in [5.74, 6) is 1.59. The molecule has 1 aromatic rings. The highest BCUT2D eigenvalue weighted by Crippen LogP contribution is 2.28. The molecule has 0 radical (unpaired) electrons. The van der Waals surface area contributed by atoms with Crippen LogP contribution in [0.1, 0.15) is 24.8 Å². The van der Waals surface area contributed by atoms with Crippen LogP contribution in [-0.4, -0.2) is 42.1 Å². The van der Waals surface area contributed by atoms with E-state index in [-0.39, 0.29) is 0 Å². The first-order chi connectivity index (χ1) is 9.28. The van der Waals surface area contributed by atoms with Gasteiger partial charge in [0.25, 0.3) is 0 Å². The number of pyridine rings is 1. The second-order valence-corrected chi connectivity index (χ2v) is 6.58. The molecule has 2 aliphatic heterocycles. The maximum Gasteiger partial charge on any atom is 0.133 e. The number of halogens is 2. The van der Waals surface area contributed by atoms with Crippen LogP contribution >= 0.6 is 27.5 Å². The van der Waals surface area contributed by atoms with Crippen molar-refractivity contribution in [1.82, 2.24) is 9.88 Å². The molecule has 3 rings (SSSR count). The van der Waals surface area contributed by atoms with Crippen molar-refractivity contribution in [3.8, 4) is 0 Å². The minimum Gasteiger partial charge on any atom is -0.355 e. The Morgan fingerprint density at radius 3 is 2.84 bits per heavy atom. The summed E-state index contributed by atoms with van der Waals surface area (Å²) in [6, 6.07) is 2.79. The van der Waals surface area contributed by atoms with Crippen molar-refractivity contribution < 1.29 is 0 Å². The average Bonchev–Trinajstić information content (AvgIpc) is 3.09. The minimum atomic E-state index is 0.520. The normalized spacial score (nSPS) is 24.3. The number of anilines is 1. The molecule has 1 aromatic heterocycles. The zero-order chi connectivity index (χ0) is 13.2. The van der Waals surface area contributed by atoms with Gasteiger partial charge in [-0.2, -0.15) is 0 Å². The summed E-state index contributed by atoms with van der Waals surface area (Å²) in [6.07, 6.45) is 5.84. The molecule has 0 amide bonds. The van der Waals surface area contributed by atoms with Gasteiger partial charge in [0.05, 0.1) is 5.88 Å². The Labute approximate surface area is 128 Å². The second-order valence-electron chi connectivity index (χ2n) is 5.40. The lowest BCUT2D eigenvalue weighted by atomic mass is 10.2. The van der Waals surface area contributed by atoms with E-state index in [1.165, 1.54) is 32.4 Å². The Morgan fingerprint density at radius 2 is 2.11 bits per heavy atom. The van der Waals surface area contributed by atoms with Crippen LogP contribution < -0.4 is 4.90 Å². The molecule has 3 nitrogen and oxygen atoms in total. The van der Waals surface area contributed by atoms with E-state index < -0.39 is 0 Å². The van der Waals surface area contributed by atoms with E-state index in [0.29, 0.717) is 11.9 Å². The second kappa shape index (κ2) is 5.98. The van der Waals surface area contributed by atoms with Gasteiger partial charge >= 0.3 is 0 Å². The zero-order valence-corrected chi connectivity index (χ0v) is 13.3. The van der Waals surface area contributed by atoms with Gasteiger partial charge in [0.2, 0.25) is 0 Å². The number of alkyl halides is 1. The maximum absolute atomic E-state index is 6.05. The third-order valence-electron chi connectivity index (χ3n) is 4.17. The van der Waals surface area contributed by atoms with Crippen LogP contribution in [0.2, 0.25) is 0 Å². The highest BCUT2D eigenvalue weighted by atomic mass is 79.9. The fourth-order valence-electron chi connectivity index (χ4n) is 3.20. The Balaban J connectivity index is 1.73. The molecule has 0 N–H and O–H groups in total. The molecule has 0 bridgehead atoms. The fourth-order valence-corrected chi connectivity index (χ4v) is 3.77. The molecule has 0 spiro atoms. The van der Waals surface area contributed by atoms with E-state index >= 15 is 0 Å². The molecule has 0 aliphatic carbocycles. The van der Waals surface area contributed by atoms with Crippen molar-refractivity contribution >= 4 is 33.3 Å². The Morgan fingerprint density at radius 1 is 1.32 bits per heavy atom. The number of nitrogens with zero attached hydrogens (tertiary/aromatic N) is 3. The molecule has 104 valence electrons. The number of hydrogen-bond donors (Lipinski definition) is 0. The van der Waals surface area contributed by atoms with Crippen LogP contribution in [0.15, 0.2) is 16.7 Å². The highest BCUT2D eigenvalue weighted by Gasteiger charge is 2.30. The van der Waals surface area contributed by atoms with Crippen molar-refractivity contribution in [2.75, 3.05) is 31.1 Å². The Kier molecular flexibility index (Phi) is 4.30. The first kappa shape index (κ1) is 13.7. The van der Waals surface area contributed by atoms with Crippen LogP contribution in [0.25, 0.3) is 0 Å². The number of hydrogen-bond acceptors (Lipinski definition) is 3. The SMILES string of the molecule is ClCc1cc(Br)cnc1N1CCC(N2CCCC2)C1. The smallest absolute Gasteiger partial charge is 0.133 e. The summed E-state index contributed by atoms with van der Waals surface area (Å²) in [7, 11) is 0. The number of aromatic nitrogens is 1. The molecule has 1 atom stereocenters. The van der Waals surface area contributed by atoms with E-state index in [2.05, 4.69) is 36.8 Å². The van der Waals surface area contributed by atoms with Gasteiger partial charge in [0.15, 0.2) is 0 Å². The highest BCUT2D eigenvalue weighted by molar-refractivity contribution is 9.10. The molecule has 2 saturated heterocycles. The van der Waals surface area contributed by atoms with Crippen LogP contribution in [0, 0.1) is 0 Å². The van der Waals surface area contributed by atoms with E-state index in [1.54, 1.807) is 0 Å². The number of rotatable bonds is 3. The van der Waals surface area contributed by atoms with Crippen molar-refractivity contribution in [1.29, 1.82) is 0 Å². The molecule has 3 heterocycles. The lowest BCUT2D eigenvalue weighted by molar-refractivity contribution is 0.260. The lowest BCUT2D eigenvalue weighted by Crippen LogP contribution is -2.35. The van der Waals surface area contributed by atoms with Crippen molar-refractivity contribution in [2.24, 2.45) is 0 Å². The third kappa shape index (κ3) is 2.91. The van der Waals surface area contributed by atoms with Gasteiger partial charge in [-0.05, 0) is 54.3 Å². The van der Waals surface area contributed by atoms with E-state index in [9.17, 15) is 0 Å². The van der Waals surface area contributed by atoms with Gasteiger partial charge in [-0.15, -0.1) is 11.6 Å². The zero-order valence-electron chi connectivity index (χ0n) is 11.0. The molecular weight excluding hydrogens is 326 g/mol. The maximum atomic E-state index is 6.05. The Bertz CT molecular complexity index is 448. The van der Waals surface area contributed by atoms with Crippen molar-refractivity contribution in [3.63, 3.8) is 0 Å². The van der Waals surface area contributed by atoms with Crippen molar-refractivity contribution in [3.05, 3.63) is 22.3 Å². The molecular formula is C14H19BrClN3. The van der Waals surface area contributed by atoms with E-state index in [0.717, 1.165) is 28.9 Å². The van der Waals surface area contributed by atoms with Gasteiger partial charge < -0.3 is 4.90 Å². The molecule has 1 unspecified atom stereocenters. The summed E-state index contributed by atoms with van der Waals surface area (Å²) in [6.45, 7) is 4.74. The van der Waals surface area contributed by atoms with Crippen LogP contribution in [0.4, 0.5) is 5.82 Å². The predicted octanol–water partition coefficient (Wildman–Crippen LogP) is 3.26. The first-order valence-electron chi connectivity index (χ1n) is 6.97. The standard InChI is InChI=1S/C14H19BrClN3/c15-12-7-11(8-16)14(17-9-12)19-6-3-13(10-19)18-4-1-2-5-18/h7,9,13H,1-6,8,10H2. The monoisotopic (exact) mass is 343 g/mol.